The van der Waals surface area contributed by atoms with Gasteiger partial charge in [0.15, 0.2) is 0 Å². The van der Waals surface area contributed by atoms with E-state index >= 15 is 0 Å². The molecule has 1 aliphatic rings. The number of anilines is 2. The number of fused-ring (bicyclic) bond motifs is 1. The number of benzene rings is 1. The van der Waals surface area contributed by atoms with Gasteiger partial charge in [-0.3, -0.25) is 4.79 Å². The first-order chi connectivity index (χ1) is 6.49. The summed E-state index contributed by atoms with van der Waals surface area (Å²) in [6.45, 7) is 3.73. The van der Waals surface area contributed by atoms with Crippen molar-refractivity contribution in [2.24, 2.45) is 0 Å². The molecule has 0 saturated heterocycles. The summed E-state index contributed by atoms with van der Waals surface area (Å²) in [6.07, 6.45) is 0. The van der Waals surface area contributed by atoms with Crippen LogP contribution in [0, 0.1) is 3.57 Å². The number of amides is 1. The molecule has 0 bridgehead atoms. The van der Waals surface area contributed by atoms with E-state index in [-0.39, 0.29) is 5.91 Å². The molecule has 1 amide bonds. The Morgan fingerprint density at radius 3 is 2.71 bits per heavy atom. The van der Waals surface area contributed by atoms with Crippen LogP contribution in [-0.2, 0) is 4.79 Å². The van der Waals surface area contributed by atoms with E-state index in [2.05, 4.69) is 33.2 Å². The summed E-state index contributed by atoms with van der Waals surface area (Å²) in [5, 5.41) is 6.08. The Hall–Kier alpha value is -0.780. The third-order valence-electron chi connectivity index (χ3n) is 2.24. The van der Waals surface area contributed by atoms with Crippen LogP contribution in [0.15, 0.2) is 18.2 Å². The lowest BCUT2D eigenvalue weighted by Crippen LogP contribution is -2.47. The van der Waals surface area contributed by atoms with Crippen molar-refractivity contribution in [3.8, 4) is 0 Å². The van der Waals surface area contributed by atoms with E-state index in [1.54, 1.807) is 0 Å². The highest BCUT2D eigenvalue weighted by Crippen LogP contribution is 2.31. The third-order valence-corrected chi connectivity index (χ3v) is 2.92. The van der Waals surface area contributed by atoms with Crippen LogP contribution in [0.25, 0.3) is 0 Å². The minimum Gasteiger partial charge on any atom is -0.370 e. The van der Waals surface area contributed by atoms with Crippen molar-refractivity contribution in [1.82, 2.24) is 0 Å². The van der Waals surface area contributed by atoms with Crippen LogP contribution in [0.2, 0.25) is 0 Å². The van der Waals surface area contributed by atoms with Crippen LogP contribution >= 0.6 is 22.6 Å². The molecule has 14 heavy (non-hydrogen) atoms. The standard InChI is InChI=1S/C10H11IN2O/c1-10(2)9(14)12-8-5-6(11)3-4-7(8)13-10/h3-5,13H,1-2H3,(H,12,14). The van der Waals surface area contributed by atoms with Gasteiger partial charge in [0.2, 0.25) is 5.91 Å². The molecule has 1 aromatic carbocycles. The lowest BCUT2D eigenvalue weighted by molar-refractivity contribution is -0.119. The number of nitrogens with one attached hydrogen (secondary N) is 2. The second-order valence-electron chi connectivity index (χ2n) is 3.89. The van der Waals surface area contributed by atoms with Crippen molar-refractivity contribution in [2.45, 2.75) is 19.4 Å². The monoisotopic (exact) mass is 302 g/mol. The summed E-state index contributed by atoms with van der Waals surface area (Å²) in [5.41, 5.74) is 1.32. The molecule has 0 spiro atoms. The first-order valence-electron chi connectivity index (χ1n) is 4.38. The molecule has 74 valence electrons. The van der Waals surface area contributed by atoms with E-state index in [1.807, 2.05) is 32.0 Å². The van der Waals surface area contributed by atoms with Crippen LogP contribution < -0.4 is 10.6 Å². The Morgan fingerprint density at radius 2 is 2.00 bits per heavy atom. The fourth-order valence-electron chi connectivity index (χ4n) is 1.40. The molecule has 1 aromatic rings. The number of rotatable bonds is 0. The van der Waals surface area contributed by atoms with Crippen molar-refractivity contribution in [3.05, 3.63) is 21.8 Å². The van der Waals surface area contributed by atoms with Crippen molar-refractivity contribution in [2.75, 3.05) is 10.6 Å². The van der Waals surface area contributed by atoms with E-state index in [9.17, 15) is 4.79 Å². The van der Waals surface area contributed by atoms with Crippen LogP contribution in [0.4, 0.5) is 11.4 Å². The van der Waals surface area contributed by atoms with Gasteiger partial charge in [0, 0.05) is 3.57 Å². The Balaban J connectivity index is 2.46. The normalized spacial score (nSPS) is 18.1. The van der Waals surface area contributed by atoms with Crippen LogP contribution in [0.1, 0.15) is 13.8 Å². The zero-order valence-electron chi connectivity index (χ0n) is 8.02. The third kappa shape index (κ3) is 1.58. The number of halogens is 1. The van der Waals surface area contributed by atoms with Gasteiger partial charge < -0.3 is 10.6 Å². The van der Waals surface area contributed by atoms with Crippen molar-refractivity contribution in [1.29, 1.82) is 0 Å². The van der Waals surface area contributed by atoms with Gasteiger partial charge >= 0.3 is 0 Å². The SMILES string of the molecule is CC1(C)Nc2ccc(I)cc2NC1=O. The summed E-state index contributed by atoms with van der Waals surface area (Å²) in [5.74, 6) is 0.00648. The van der Waals surface area contributed by atoms with Gasteiger partial charge in [0.05, 0.1) is 11.4 Å². The second-order valence-corrected chi connectivity index (χ2v) is 5.14. The summed E-state index contributed by atoms with van der Waals surface area (Å²) in [7, 11) is 0. The van der Waals surface area contributed by atoms with Gasteiger partial charge in [-0.2, -0.15) is 0 Å². The molecular weight excluding hydrogens is 291 g/mol. The van der Waals surface area contributed by atoms with E-state index in [0.29, 0.717) is 0 Å². The van der Waals surface area contributed by atoms with Gasteiger partial charge in [-0.05, 0) is 54.6 Å². The predicted molar refractivity (Wildman–Crippen MR) is 65.5 cm³/mol. The average Bonchev–Trinajstić information content (AvgIpc) is 2.08. The fourth-order valence-corrected chi connectivity index (χ4v) is 1.89. The molecule has 0 atom stereocenters. The Kier molecular flexibility index (Phi) is 2.17. The van der Waals surface area contributed by atoms with Crippen LogP contribution in [-0.4, -0.2) is 11.4 Å². The van der Waals surface area contributed by atoms with Crippen molar-refractivity contribution >= 4 is 39.9 Å². The van der Waals surface area contributed by atoms with E-state index < -0.39 is 5.54 Å². The zero-order chi connectivity index (χ0) is 10.3. The van der Waals surface area contributed by atoms with E-state index in [4.69, 9.17) is 0 Å². The molecule has 1 aliphatic heterocycles. The molecule has 3 nitrogen and oxygen atoms in total. The molecule has 1 heterocycles. The van der Waals surface area contributed by atoms with Gasteiger partial charge in [-0.15, -0.1) is 0 Å². The number of hydrogen-bond acceptors (Lipinski definition) is 2. The largest absolute Gasteiger partial charge is 0.370 e. The Bertz CT molecular complexity index is 401. The predicted octanol–water partition coefficient (Wildman–Crippen LogP) is 2.43. The van der Waals surface area contributed by atoms with Gasteiger partial charge in [0.25, 0.3) is 0 Å². The Labute approximate surface area is 96.4 Å². The lowest BCUT2D eigenvalue weighted by atomic mass is 10.0. The first kappa shape index (κ1) is 9.76. The molecule has 4 heteroatoms. The second kappa shape index (κ2) is 3.12. The minimum absolute atomic E-state index is 0.00648. The minimum atomic E-state index is -0.528. The number of carbonyl (C=O) groups excluding carboxylic acids is 1. The molecule has 0 radical (unpaired) electrons. The highest BCUT2D eigenvalue weighted by molar-refractivity contribution is 14.1. The molecule has 0 aliphatic carbocycles. The molecule has 2 rings (SSSR count). The molecule has 0 fully saturated rings. The van der Waals surface area contributed by atoms with Crippen molar-refractivity contribution in [3.63, 3.8) is 0 Å². The summed E-state index contributed by atoms with van der Waals surface area (Å²) >= 11 is 2.22. The maximum atomic E-state index is 11.6. The van der Waals surface area contributed by atoms with Gasteiger partial charge in [-0.25, -0.2) is 0 Å². The van der Waals surface area contributed by atoms with Gasteiger partial charge in [0.1, 0.15) is 5.54 Å². The highest BCUT2D eigenvalue weighted by atomic mass is 127. The van der Waals surface area contributed by atoms with Crippen LogP contribution in [0.5, 0.6) is 0 Å². The molecule has 0 aromatic heterocycles. The highest BCUT2D eigenvalue weighted by Gasteiger charge is 2.32. The number of carbonyl (C=O) groups is 1. The first-order valence-corrected chi connectivity index (χ1v) is 5.46. The summed E-state index contributed by atoms with van der Waals surface area (Å²) < 4.78 is 1.11. The van der Waals surface area contributed by atoms with Crippen molar-refractivity contribution < 1.29 is 4.79 Å². The quantitative estimate of drug-likeness (QED) is 0.723. The molecule has 0 unspecified atom stereocenters. The molecule has 0 saturated carbocycles. The van der Waals surface area contributed by atoms with Crippen LogP contribution in [0.3, 0.4) is 0 Å². The van der Waals surface area contributed by atoms with E-state index in [1.165, 1.54) is 0 Å². The fraction of sp³-hybridized carbons (Fsp3) is 0.300. The van der Waals surface area contributed by atoms with E-state index in [0.717, 1.165) is 14.9 Å². The summed E-state index contributed by atoms with van der Waals surface area (Å²) in [4.78, 5) is 11.6. The number of hydrogen-bond donors (Lipinski definition) is 2. The smallest absolute Gasteiger partial charge is 0.249 e. The molecular formula is C10H11IN2O. The lowest BCUT2D eigenvalue weighted by Gasteiger charge is -2.32. The zero-order valence-corrected chi connectivity index (χ0v) is 10.2. The van der Waals surface area contributed by atoms with Gasteiger partial charge in [-0.1, -0.05) is 0 Å². The topological polar surface area (TPSA) is 41.1 Å². The Morgan fingerprint density at radius 1 is 1.29 bits per heavy atom. The molecule has 2 N–H and O–H groups in total. The summed E-state index contributed by atoms with van der Waals surface area (Å²) in [6, 6.07) is 5.95. The maximum absolute atomic E-state index is 11.6. The maximum Gasteiger partial charge on any atom is 0.249 e. The average molecular weight is 302 g/mol.